The second kappa shape index (κ2) is 6.93. The molecule has 1 unspecified atom stereocenters. The third-order valence-electron chi connectivity index (χ3n) is 3.47. The molecule has 0 fully saturated rings. The van der Waals surface area contributed by atoms with Crippen LogP contribution in [0.3, 0.4) is 0 Å². The zero-order valence-corrected chi connectivity index (χ0v) is 12.6. The molecule has 24 heavy (non-hydrogen) atoms. The van der Waals surface area contributed by atoms with Crippen molar-refractivity contribution in [3.05, 3.63) is 76.7 Å². The van der Waals surface area contributed by atoms with E-state index in [0.29, 0.717) is 17.0 Å². The minimum atomic E-state index is -0.990. The van der Waals surface area contributed by atoms with Crippen LogP contribution in [0.5, 0.6) is 0 Å². The summed E-state index contributed by atoms with van der Waals surface area (Å²) in [4.78, 5) is 29.7. The Balaban J connectivity index is 1.61. The van der Waals surface area contributed by atoms with Crippen LogP contribution in [0.4, 0.5) is 0 Å². The van der Waals surface area contributed by atoms with E-state index in [0.717, 1.165) is 5.56 Å². The number of aromatic amines is 1. The third-order valence-corrected chi connectivity index (χ3v) is 3.47. The summed E-state index contributed by atoms with van der Waals surface area (Å²) in [5.74, 6) is 0.293. The van der Waals surface area contributed by atoms with Gasteiger partial charge in [-0.1, -0.05) is 18.2 Å². The number of aliphatic hydroxyl groups is 1. The van der Waals surface area contributed by atoms with E-state index in [2.05, 4.69) is 15.3 Å². The summed E-state index contributed by atoms with van der Waals surface area (Å²) in [6, 6.07) is 11.3. The molecule has 2 aromatic heterocycles. The molecular formula is C17H15N3O4. The van der Waals surface area contributed by atoms with Gasteiger partial charge in [0.2, 0.25) is 5.56 Å². The van der Waals surface area contributed by atoms with E-state index < -0.39 is 6.10 Å². The number of oxazole rings is 1. The van der Waals surface area contributed by atoms with Crippen molar-refractivity contribution in [3.63, 3.8) is 0 Å². The molecule has 2 heterocycles. The van der Waals surface area contributed by atoms with Crippen LogP contribution in [-0.2, 0) is 0 Å². The summed E-state index contributed by atoms with van der Waals surface area (Å²) in [5, 5.41) is 12.6. The molecule has 0 aliphatic heterocycles. The summed E-state index contributed by atoms with van der Waals surface area (Å²) in [6.07, 6.45) is 1.94. The van der Waals surface area contributed by atoms with Gasteiger partial charge in [0.05, 0.1) is 6.20 Å². The molecular weight excluding hydrogens is 310 g/mol. The molecule has 0 aliphatic rings. The summed E-state index contributed by atoms with van der Waals surface area (Å²) in [7, 11) is 0. The zero-order valence-electron chi connectivity index (χ0n) is 12.6. The lowest BCUT2D eigenvalue weighted by Gasteiger charge is -2.12. The summed E-state index contributed by atoms with van der Waals surface area (Å²) in [6.45, 7) is -0.0113. The predicted molar refractivity (Wildman–Crippen MR) is 86.3 cm³/mol. The van der Waals surface area contributed by atoms with Crippen LogP contribution in [0.25, 0.3) is 11.3 Å². The standard InChI is InChI=1S/C17H15N3O4/c21-14(13-2-1-3-16(22)20-13)8-19-17(23)12-6-4-11(5-7-12)15-9-18-10-24-15/h1-7,9-10,14,21H,8H2,(H,19,23)(H,20,22). The van der Waals surface area contributed by atoms with E-state index in [9.17, 15) is 14.7 Å². The number of rotatable bonds is 5. The SMILES string of the molecule is O=C(NCC(O)c1cccc(=O)[nH]1)c1ccc(-c2cnco2)cc1. The molecule has 1 atom stereocenters. The van der Waals surface area contributed by atoms with Crippen LogP contribution in [0.1, 0.15) is 22.2 Å². The molecule has 0 saturated carbocycles. The van der Waals surface area contributed by atoms with Crippen LogP contribution in [0, 0.1) is 0 Å². The second-order valence-electron chi connectivity index (χ2n) is 5.14. The Morgan fingerprint density at radius 3 is 2.71 bits per heavy atom. The lowest BCUT2D eigenvalue weighted by Crippen LogP contribution is -2.29. The van der Waals surface area contributed by atoms with Crippen molar-refractivity contribution in [2.75, 3.05) is 6.54 Å². The Hall–Kier alpha value is -3.19. The highest BCUT2D eigenvalue weighted by molar-refractivity contribution is 5.94. The first-order valence-corrected chi connectivity index (χ1v) is 7.28. The largest absolute Gasteiger partial charge is 0.444 e. The predicted octanol–water partition coefficient (Wildman–Crippen LogP) is 1.49. The number of hydrogen-bond donors (Lipinski definition) is 3. The highest BCUT2D eigenvalue weighted by Crippen LogP contribution is 2.18. The van der Waals surface area contributed by atoms with Crippen LogP contribution >= 0.6 is 0 Å². The number of benzene rings is 1. The first-order chi connectivity index (χ1) is 11.6. The van der Waals surface area contributed by atoms with Gasteiger partial charge in [0.25, 0.3) is 5.91 Å². The molecule has 7 heteroatoms. The van der Waals surface area contributed by atoms with E-state index >= 15 is 0 Å². The van der Waals surface area contributed by atoms with Gasteiger partial charge in [-0.25, -0.2) is 4.98 Å². The number of carbonyl (C=O) groups is 1. The van der Waals surface area contributed by atoms with Crippen molar-refractivity contribution in [1.29, 1.82) is 0 Å². The number of aliphatic hydroxyl groups excluding tert-OH is 1. The van der Waals surface area contributed by atoms with Gasteiger partial charge in [0, 0.05) is 29.4 Å². The molecule has 0 spiro atoms. The minimum Gasteiger partial charge on any atom is -0.444 e. The quantitative estimate of drug-likeness (QED) is 0.659. The van der Waals surface area contributed by atoms with Crippen molar-refractivity contribution in [2.45, 2.75) is 6.10 Å². The Bertz CT molecular complexity index is 869. The van der Waals surface area contributed by atoms with Crippen molar-refractivity contribution < 1.29 is 14.3 Å². The average Bonchev–Trinajstić information content (AvgIpc) is 3.14. The van der Waals surface area contributed by atoms with Crippen molar-refractivity contribution in [3.8, 4) is 11.3 Å². The van der Waals surface area contributed by atoms with E-state index in [4.69, 9.17) is 4.42 Å². The van der Waals surface area contributed by atoms with Gasteiger partial charge in [-0.15, -0.1) is 0 Å². The van der Waals surface area contributed by atoms with Gasteiger partial charge in [-0.05, 0) is 18.2 Å². The van der Waals surface area contributed by atoms with Crippen molar-refractivity contribution >= 4 is 5.91 Å². The van der Waals surface area contributed by atoms with Crippen LogP contribution < -0.4 is 10.9 Å². The molecule has 0 radical (unpaired) electrons. The van der Waals surface area contributed by atoms with Crippen LogP contribution in [-0.4, -0.2) is 27.5 Å². The molecule has 0 aliphatic carbocycles. The van der Waals surface area contributed by atoms with Crippen molar-refractivity contribution in [1.82, 2.24) is 15.3 Å². The van der Waals surface area contributed by atoms with Crippen LogP contribution in [0.2, 0.25) is 0 Å². The summed E-state index contributed by atoms with van der Waals surface area (Å²) in [5.41, 5.74) is 1.31. The summed E-state index contributed by atoms with van der Waals surface area (Å²) >= 11 is 0. The Morgan fingerprint density at radius 2 is 2.04 bits per heavy atom. The Morgan fingerprint density at radius 1 is 1.25 bits per heavy atom. The Kier molecular flexibility index (Phi) is 4.53. The molecule has 0 bridgehead atoms. The topological polar surface area (TPSA) is 108 Å². The van der Waals surface area contributed by atoms with E-state index in [-0.39, 0.29) is 18.0 Å². The highest BCUT2D eigenvalue weighted by Gasteiger charge is 2.12. The number of carbonyl (C=O) groups excluding carboxylic acids is 1. The van der Waals surface area contributed by atoms with E-state index in [1.807, 2.05) is 0 Å². The van der Waals surface area contributed by atoms with Gasteiger partial charge in [-0.2, -0.15) is 0 Å². The zero-order chi connectivity index (χ0) is 16.9. The van der Waals surface area contributed by atoms with E-state index in [1.54, 1.807) is 42.6 Å². The second-order valence-corrected chi connectivity index (χ2v) is 5.14. The number of aromatic nitrogens is 2. The molecule has 0 saturated heterocycles. The number of amides is 1. The maximum absolute atomic E-state index is 12.1. The van der Waals surface area contributed by atoms with Gasteiger partial charge in [0.1, 0.15) is 6.10 Å². The lowest BCUT2D eigenvalue weighted by molar-refractivity contribution is 0.0914. The van der Waals surface area contributed by atoms with Gasteiger partial charge >= 0.3 is 0 Å². The smallest absolute Gasteiger partial charge is 0.251 e. The lowest BCUT2D eigenvalue weighted by atomic mass is 10.1. The normalized spacial score (nSPS) is 11.9. The fourth-order valence-electron chi connectivity index (χ4n) is 2.20. The van der Waals surface area contributed by atoms with Crippen LogP contribution in [0.15, 0.2) is 64.3 Å². The molecule has 3 aromatic rings. The fourth-order valence-corrected chi connectivity index (χ4v) is 2.20. The minimum absolute atomic E-state index is 0.0113. The molecule has 122 valence electrons. The van der Waals surface area contributed by atoms with Crippen molar-refractivity contribution in [2.24, 2.45) is 0 Å². The van der Waals surface area contributed by atoms with Gasteiger partial charge in [-0.3, -0.25) is 9.59 Å². The van der Waals surface area contributed by atoms with E-state index in [1.165, 1.54) is 12.5 Å². The summed E-state index contributed by atoms with van der Waals surface area (Å²) < 4.78 is 5.18. The monoisotopic (exact) mass is 325 g/mol. The molecule has 3 N–H and O–H groups in total. The molecule has 3 rings (SSSR count). The number of pyridine rings is 1. The first kappa shape index (κ1) is 15.7. The number of nitrogens with one attached hydrogen (secondary N) is 2. The van der Waals surface area contributed by atoms with Gasteiger partial charge in [0.15, 0.2) is 12.2 Å². The Labute approximate surface area is 137 Å². The average molecular weight is 325 g/mol. The first-order valence-electron chi connectivity index (χ1n) is 7.28. The molecule has 1 amide bonds. The maximum Gasteiger partial charge on any atom is 0.251 e. The van der Waals surface area contributed by atoms with Gasteiger partial charge < -0.3 is 19.8 Å². The maximum atomic E-state index is 12.1. The highest BCUT2D eigenvalue weighted by atomic mass is 16.3. The molecule has 1 aromatic carbocycles. The number of hydrogen-bond acceptors (Lipinski definition) is 5. The number of nitrogens with zero attached hydrogens (tertiary/aromatic N) is 1. The third kappa shape index (κ3) is 3.58. The fraction of sp³-hybridized carbons (Fsp3) is 0.118. The molecule has 7 nitrogen and oxygen atoms in total. The number of H-pyrrole nitrogens is 1.